The zero-order valence-corrected chi connectivity index (χ0v) is 18.5. The summed E-state index contributed by atoms with van der Waals surface area (Å²) in [5.74, 6) is 1.26. The summed E-state index contributed by atoms with van der Waals surface area (Å²) >= 11 is 6.28. The van der Waals surface area contributed by atoms with Gasteiger partial charge in [0.15, 0.2) is 23.0 Å². The number of ether oxygens (including phenoxy) is 4. The maximum Gasteiger partial charge on any atom is 0.254 e. The van der Waals surface area contributed by atoms with Gasteiger partial charge in [0.25, 0.3) is 5.91 Å². The van der Waals surface area contributed by atoms with Crippen molar-refractivity contribution in [3.63, 3.8) is 0 Å². The van der Waals surface area contributed by atoms with Crippen molar-refractivity contribution in [3.05, 3.63) is 40.9 Å². The number of anilines is 1. The summed E-state index contributed by atoms with van der Waals surface area (Å²) in [5, 5.41) is 3.05. The normalized spacial score (nSPS) is 12.1. The van der Waals surface area contributed by atoms with E-state index in [9.17, 15) is 9.59 Å². The Morgan fingerprint density at radius 1 is 1.13 bits per heavy atom. The van der Waals surface area contributed by atoms with Gasteiger partial charge in [-0.25, -0.2) is 0 Å². The Bertz CT molecular complexity index is 965. The Morgan fingerprint density at radius 2 is 1.87 bits per heavy atom. The van der Waals surface area contributed by atoms with E-state index in [-0.39, 0.29) is 23.4 Å². The van der Waals surface area contributed by atoms with Crippen molar-refractivity contribution in [1.29, 1.82) is 0 Å². The lowest BCUT2D eigenvalue weighted by atomic mass is 10.1. The van der Waals surface area contributed by atoms with E-state index < -0.39 is 0 Å². The zero-order chi connectivity index (χ0) is 22.4. The lowest BCUT2D eigenvalue weighted by Crippen LogP contribution is -2.37. The van der Waals surface area contributed by atoms with Gasteiger partial charge in [0.05, 0.1) is 18.7 Å². The van der Waals surface area contributed by atoms with Crippen LogP contribution in [0.5, 0.6) is 23.0 Å². The van der Waals surface area contributed by atoms with Crippen molar-refractivity contribution in [3.8, 4) is 23.0 Å². The molecule has 1 aliphatic rings. The van der Waals surface area contributed by atoms with Crippen molar-refractivity contribution >= 4 is 29.1 Å². The largest absolute Gasteiger partial charge is 0.493 e. The van der Waals surface area contributed by atoms with E-state index in [1.807, 2.05) is 6.92 Å². The Balaban J connectivity index is 1.71. The molecule has 1 aliphatic heterocycles. The van der Waals surface area contributed by atoms with Gasteiger partial charge < -0.3 is 29.2 Å². The molecule has 0 bridgehead atoms. The third-order valence-electron chi connectivity index (χ3n) is 4.59. The van der Waals surface area contributed by atoms with Gasteiger partial charge in [0.2, 0.25) is 5.91 Å². The molecule has 0 radical (unpaired) electrons. The van der Waals surface area contributed by atoms with Crippen LogP contribution in [0, 0.1) is 0 Å². The van der Waals surface area contributed by atoms with E-state index in [2.05, 4.69) is 5.32 Å². The molecule has 9 heteroatoms. The van der Waals surface area contributed by atoms with Crippen LogP contribution in [0.25, 0.3) is 0 Å². The second-order valence-electron chi connectivity index (χ2n) is 6.65. The predicted octanol–water partition coefficient (Wildman–Crippen LogP) is 3.62. The van der Waals surface area contributed by atoms with E-state index >= 15 is 0 Å². The molecule has 2 amide bonds. The standard InChI is InChI=1S/C22H25ClN2O6/c1-4-25(22(27)14-10-16(23)21(29-5-2)19(11-14)28-3)13-20(26)24-15-6-7-17-18(12-15)31-9-8-30-17/h6-7,10-12H,4-5,8-9,13H2,1-3H3,(H,24,26). The number of benzene rings is 2. The summed E-state index contributed by atoms with van der Waals surface area (Å²) in [6.07, 6.45) is 0. The zero-order valence-electron chi connectivity index (χ0n) is 17.7. The SMILES string of the molecule is CCOc1c(Cl)cc(C(=O)N(CC)CC(=O)Nc2ccc3c(c2)OCCO3)cc1OC. The molecular weight excluding hydrogens is 424 g/mol. The van der Waals surface area contributed by atoms with Crippen molar-refractivity contribution in [1.82, 2.24) is 4.90 Å². The van der Waals surface area contributed by atoms with Crippen LogP contribution < -0.4 is 24.3 Å². The molecular formula is C22H25ClN2O6. The van der Waals surface area contributed by atoms with Crippen molar-refractivity contribution in [2.24, 2.45) is 0 Å². The highest BCUT2D eigenvalue weighted by Crippen LogP contribution is 2.37. The molecule has 8 nitrogen and oxygen atoms in total. The van der Waals surface area contributed by atoms with Crippen LogP contribution in [0.4, 0.5) is 5.69 Å². The second kappa shape index (κ2) is 10.3. The molecule has 0 spiro atoms. The maximum atomic E-state index is 13.0. The van der Waals surface area contributed by atoms with Crippen molar-refractivity contribution in [2.75, 3.05) is 45.3 Å². The molecule has 0 fully saturated rings. The van der Waals surface area contributed by atoms with Crippen LogP contribution in [0.3, 0.4) is 0 Å². The Kier molecular flexibility index (Phi) is 7.46. The number of amides is 2. The van der Waals surface area contributed by atoms with E-state index in [4.69, 9.17) is 30.5 Å². The van der Waals surface area contributed by atoms with Crippen molar-refractivity contribution in [2.45, 2.75) is 13.8 Å². The summed E-state index contributed by atoms with van der Waals surface area (Å²) < 4.78 is 21.8. The maximum absolute atomic E-state index is 13.0. The number of likely N-dealkylation sites (N-methyl/N-ethyl adjacent to an activating group) is 1. The first-order valence-electron chi connectivity index (χ1n) is 9.95. The van der Waals surface area contributed by atoms with Gasteiger partial charge in [-0.3, -0.25) is 9.59 Å². The minimum absolute atomic E-state index is 0.128. The molecule has 0 aliphatic carbocycles. The third kappa shape index (κ3) is 5.32. The number of nitrogens with zero attached hydrogens (tertiary/aromatic N) is 1. The Morgan fingerprint density at radius 3 is 2.55 bits per heavy atom. The molecule has 0 saturated carbocycles. The van der Waals surface area contributed by atoms with E-state index in [0.717, 1.165) is 0 Å². The first kappa shape index (κ1) is 22.6. The van der Waals surface area contributed by atoms with Gasteiger partial charge in [-0.2, -0.15) is 0 Å². The van der Waals surface area contributed by atoms with Gasteiger partial charge in [-0.05, 0) is 38.1 Å². The topological polar surface area (TPSA) is 86.3 Å². The van der Waals surface area contributed by atoms with Crippen molar-refractivity contribution < 1.29 is 28.5 Å². The number of carbonyl (C=O) groups excluding carboxylic acids is 2. The minimum atomic E-state index is -0.344. The van der Waals surface area contributed by atoms with Crippen LogP contribution in [0.1, 0.15) is 24.2 Å². The van der Waals surface area contributed by atoms with Crippen LogP contribution >= 0.6 is 11.6 Å². The highest BCUT2D eigenvalue weighted by molar-refractivity contribution is 6.32. The van der Waals surface area contributed by atoms with Crippen LogP contribution in [0.15, 0.2) is 30.3 Å². The van der Waals surface area contributed by atoms with E-state index in [1.54, 1.807) is 31.2 Å². The number of nitrogens with one attached hydrogen (secondary N) is 1. The van der Waals surface area contributed by atoms with Crippen LogP contribution in [-0.4, -0.2) is 56.7 Å². The molecule has 3 rings (SSSR count). The predicted molar refractivity (Wildman–Crippen MR) is 117 cm³/mol. The number of carbonyl (C=O) groups is 2. The summed E-state index contributed by atoms with van der Waals surface area (Å²) in [7, 11) is 1.47. The minimum Gasteiger partial charge on any atom is -0.493 e. The monoisotopic (exact) mass is 448 g/mol. The Labute approximate surface area is 186 Å². The lowest BCUT2D eigenvalue weighted by molar-refractivity contribution is -0.116. The highest BCUT2D eigenvalue weighted by atomic mass is 35.5. The van der Waals surface area contributed by atoms with Crippen LogP contribution in [0.2, 0.25) is 5.02 Å². The number of hydrogen-bond acceptors (Lipinski definition) is 6. The first-order valence-corrected chi connectivity index (χ1v) is 10.3. The molecule has 166 valence electrons. The summed E-state index contributed by atoms with van der Waals surface area (Å²) in [6, 6.07) is 8.22. The molecule has 0 atom stereocenters. The highest BCUT2D eigenvalue weighted by Gasteiger charge is 2.22. The molecule has 1 heterocycles. The molecule has 31 heavy (non-hydrogen) atoms. The summed E-state index contributed by atoms with van der Waals surface area (Å²) in [5.41, 5.74) is 0.864. The average molecular weight is 449 g/mol. The number of methoxy groups -OCH3 is 1. The first-order chi connectivity index (χ1) is 15.0. The second-order valence-corrected chi connectivity index (χ2v) is 7.06. The molecule has 2 aromatic carbocycles. The van der Waals surface area contributed by atoms with E-state index in [0.29, 0.717) is 60.6 Å². The number of halogens is 1. The van der Waals surface area contributed by atoms with Gasteiger partial charge >= 0.3 is 0 Å². The summed E-state index contributed by atoms with van der Waals surface area (Å²) in [6.45, 7) is 5.18. The van der Waals surface area contributed by atoms with Gasteiger partial charge in [-0.1, -0.05) is 11.6 Å². The molecule has 0 saturated heterocycles. The summed E-state index contributed by atoms with van der Waals surface area (Å²) in [4.78, 5) is 27.0. The van der Waals surface area contributed by atoms with Gasteiger partial charge in [0, 0.05) is 23.9 Å². The third-order valence-corrected chi connectivity index (χ3v) is 4.88. The van der Waals surface area contributed by atoms with E-state index in [1.165, 1.54) is 18.1 Å². The fourth-order valence-corrected chi connectivity index (χ4v) is 3.40. The molecule has 0 unspecified atom stereocenters. The quantitative estimate of drug-likeness (QED) is 0.663. The fraction of sp³-hybridized carbons (Fsp3) is 0.364. The van der Waals surface area contributed by atoms with Gasteiger partial charge in [0.1, 0.15) is 19.8 Å². The molecule has 1 N–H and O–H groups in total. The Hall–Kier alpha value is -3.13. The number of fused-ring (bicyclic) bond motifs is 1. The fourth-order valence-electron chi connectivity index (χ4n) is 3.13. The smallest absolute Gasteiger partial charge is 0.254 e. The van der Waals surface area contributed by atoms with Crippen LogP contribution in [-0.2, 0) is 4.79 Å². The van der Waals surface area contributed by atoms with Gasteiger partial charge in [-0.15, -0.1) is 0 Å². The average Bonchev–Trinajstić information content (AvgIpc) is 2.78. The number of rotatable bonds is 8. The molecule has 2 aromatic rings. The molecule has 0 aromatic heterocycles. The lowest BCUT2D eigenvalue weighted by Gasteiger charge is -2.22. The number of hydrogen-bond donors (Lipinski definition) is 1.